The fourth-order valence-corrected chi connectivity index (χ4v) is 5.36. The molecule has 0 saturated heterocycles. The van der Waals surface area contributed by atoms with E-state index in [2.05, 4.69) is 10.3 Å². The summed E-state index contributed by atoms with van der Waals surface area (Å²) in [4.78, 5) is 29.9. The number of carbonyl (C=O) groups excluding carboxylic acids is 2. The van der Waals surface area contributed by atoms with Crippen LogP contribution >= 0.6 is 34.5 Å². The first kappa shape index (κ1) is 19.9. The normalized spacial score (nSPS) is 12.8. The van der Waals surface area contributed by atoms with Crippen LogP contribution in [0.15, 0.2) is 18.2 Å². The van der Waals surface area contributed by atoms with Crippen LogP contribution in [0.2, 0.25) is 10.0 Å². The fourth-order valence-electron chi connectivity index (χ4n) is 3.48. The zero-order valence-corrected chi connectivity index (χ0v) is 17.8. The molecule has 1 aliphatic rings. The van der Waals surface area contributed by atoms with E-state index in [-0.39, 0.29) is 17.4 Å². The standard InChI is InChI=1S/C20H17Cl2N3O3S/c1-9-5-6-10-12(21)7-13(22)18(17(10)24-9)28-8-15(26)25-20-16(19(23)27)11-3-2-4-14(11)29-20/h5-7H,2-4,8H2,1H3,(H2,23,27)(H,25,26). The number of pyridine rings is 1. The summed E-state index contributed by atoms with van der Waals surface area (Å²) in [6.07, 6.45) is 2.69. The average molecular weight is 450 g/mol. The minimum atomic E-state index is -0.535. The van der Waals surface area contributed by atoms with Crippen LogP contribution < -0.4 is 15.8 Å². The van der Waals surface area contributed by atoms with Crippen LogP contribution in [0.5, 0.6) is 5.75 Å². The molecule has 1 aromatic carbocycles. The first-order valence-electron chi connectivity index (χ1n) is 8.97. The smallest absolute Gasteiger partial charge is 0.262 e. The number of hydrogen-bond acceptors (Lipinski definition) is 5. The number of rotatable bonds is 5. The third kappa shape index (κ3) is 3.77. The number of aromatic nitrogens is 1. The Morgan fingerprint density at radius 2 is 2.07 bits per heavy atom. The summed E-state index contributed by atoms with van der Waals surface area (Å²) in [7, 11) is 0. The van der Waals surface area contributed by atoms with Gasteiger partial charge in [-0.05, 0) is 49.9 Å². The number of amides is 2. The van der Waals surface area contributed by atoms with Gasteiger partial charge in [0.2, 0.25) is 0 Å². The Balaban J connectivity index is 1.56. The number of nitrogens with one attached hydrogen (secondary N) is 1. The second-order valence-corrected chi connectivity index (χ2v) is 8.70. The maximum Gasteiger partial charge on any atom is 0.262 e. The van der Waals surface area contributed by atoms with Crippen LogP contribution in [0, 0.1) is 6.92 Å². The van der Waals surface area contributed by atoms with Gasteiger partial charge in [-0.3, -0.25) is 9.59 Å². The number of carbonyl (C=O) groups is 2. The van der Waals surface area contributed by atoms with Gasteiger partial charge in [-0.15, -0.1) is 11.3 Å². The molecule has 1 aliphatic carbocycles. The van der Waals surface area contributed by atoms with Gasteiger partial charge in [0.1, 0.15) is 10.5 Å². The predicted molar refractivity (Wildman–Crippen MR) is 115 cm³/mol. The zero-order chi connectivity index (χ0) is 20.7. The largest absolute Gasteiger partial charge is 0.480 e. The highest BCUT2D eigenvalue weighted by Crippen LogP contribution is 2.39. The molecule has 2 heterocycles. The molecule has 6 nitrogen and oxygen atoms in total. The van der Waals surface area contributed by atoms with Crippen LogP contribution in [-0.2, 0) is 17.6 Å². The van der Waals surface area contributed by atoms with Crippen molar-refractivity contribution in [1.82, 2.24) is 4.98 Å². The van der Waals surface area contributed by atoms with Gasteiger partial charge in [0, 0.05) is 16.0 Å². The topological polar surface area (TPSA) is 94.3 Å². The molecule has 2 amide bonds. The molecular weight excluding hydrogens is 433 g/mol. The number of thiophene rings is 1. The summed E-state index contributed by atoms with van der Waals surface area (Å²) in [6.45, 7) is 1.54. The summed E-state index contributed by atoms with van der Waals surface area (Å²) in [6, 6.07) is 5.22. The van der Waals surface area contributed by atoms with E-state index in [0.29, 0.717) is 26.5 Å². The van der Waals surface area contributed by atoms with Crippen molar-refractivity contribution in [3.05, 3.63) is 49.9 Å². The van der Waals surface area contributed by atoms with Crippen molar-refractivity contribution >= 4 is 62.3 Å². The second kappa shape index (κ2) is 7.82. The van der Waals surface area contributed by atoms with E-state index in [1.54, 1.807) is 6.07 Å². The second-order valence-electron chi connectivity index (χ2n) is 6.78. The van der Waals surface area contributed by atoms with Gasteiger partial charge < -0.3 is 15.8 Å². The van der Waals surface area contributed by atoms with Gasteiger partial charge in [-0.25, -0.2) is 4.98 Å². The zero-order valence-electron chi connectivity index (χ0n) is 15.5. The molecule has 0 aliphatic heterocycles. The van der Waals surface area contributed by atoms with Crippen molar-refractivity contribution in [2.75, 3.05) is 11.9 Å². The highest BCUT2D eigenvalue weighted by Gasteiger charge is 2.26. The lowest BCUT2D eigenvalue weighted by molar-refractivity contribution is -0.118. The molecule has 3 N–H and O–H groups in total. The fraction of sp³-hybridized carbons (Fsp3) is 0.250. The molecule has 0 saturated carbocycles. The molecule has 0 radical (unpaired) electrons. The molecule has 4 rings (SSSR count). The lowest BCUT2D eigenvalue weighted by atomic mass is 10.1. The molecule has 0 unspecified atom stereocenters. The van der Waals surface area contributed by atoms with E-state index in [0.717, 1.165) is 35.4 Å². The molecule has 3 aromatic rings. The summed E-state index contributed by atoms with van der Waals surface area (Å²) >= 11 is 13.9. The summed E-state index contributed by atoms with van der Waals surface area (Å²) < 4.78 is 5.70. The first-order chi connectivity index (χ1) is 13.8. The van der Waals surface area contributed by atoms with Crippen molar-refractivity contribution in [3.8, 4) is 5.75 Å². The molecule has 9 heteroatoms. The molecule has 0 spiro atoms. The summed E-state index contributed by atoms with van der Waals surface area (Å²) in [5, 5.41) is 4.62. The number of ether oxygens (including phenoxy) is 1. The van der Waals surface area contributed by atoms with Crippen LogP contribution in [0.25, 0.3) is 10.9 Å². The van der Waals surface area contributed by atoms with Gasteiger partial charge in [-0.2, -0.15) is 0 Å². The van der Waals surface area contributed by atoms with Crippen LogP contribution in [0.4, 0.5) is 5.00 Å². The first-order valence-corrected chi connectivity index (χ1v) is 10.5. The third-order valence-electron chi connectivity index (χ3n) is 4.75. The van der Waals surface area contributed by atoms with Crippen LogP contribution in [0.3, 0.4) is 0 Å². The number of nitrogens with zero attached hydrogens (tertiary/aromatic N) is 1. The number of halogens is 2. The third-order valence-corrected chi connectivity index (χ3v) is 6.55. The SMILES string of the molecule is Cc1ccc2c(Cl)cc(Cl)c(OCC(=O)Nc3sc4c(c3C(N)=O)CCC4)c2n1. The van der Waals surface area contributed by atoms with E-state index >= 15 is 0 Å². The van der Waals surface area contributed by atoms with E-state index in [1.807, 2.05) is 19.1 Å². The van der Waals surface area contributed by atoms with Crippen molar-refractivity contribution in [2.45, 2.75) is 26.2 Å². The van der Waals surface area contributed by atoms with Crippen molar-refractivity contribution < 1.29 is 14.3 Å². The molecule has 2 aromatic heterocycles. The van der Waals surface area contributed by atoms with Crippen LogP contribution in [0.1, 0.15) is 32.9 Å². The van der Waals surface area contributed by atoms with Gasteiger partial charge in [0.15, 0.2) is 12.4 Å². The minimum absolute atomic E-state index is 0.265. The number of anilines is 1. The maximum absolute atomic E-state index is 12.5. The van der Waals surface area contributed by atoms with E-state index in [1.165, 1.54) is 11.3 Å². The summed E-state index contributed by atoms with van der Waals surface area (Å²) in [5.74, 6) is -0.667. The lowest BCUT2D eigenvalue weighted by Gasteiger charge is -2.12. The number of nitrogens with two attached hydrogens (primary N) is 1. The number of hydrogen-bond donors (Lipinski definition) is 2. The van der Waals surface area contributed by atoms with Gasteiger partial charge in [-0.1, -0.05) is 23.2 Å². The Hall–Kier alpha value is -2.35. The lowest BCUT2D eigenvalue weighted by Crippen LogP contribution is -2.22. The Morgan fingerprint density at radius 3 is 2.83 bits per heavy atom. The van der Waals surface area contributed by atoms with Crippen molar-refractivity contribution in [3.63, 3.8) is 0 Å². The molecule has 29 heavy (non-hydrogen) atoms. The van der Waals surface area contributed by atoms with Gasteiger partial charge in [0.25, 0.3) is 11.8 Å². The Morgan fingerprint density at radius 1 is 1.28 bits per heavy atom. The minimum Gasteiger partial charge on any atom is -0.480 e. The Bertz CT molecular complexity index is 1160. The molecule has 0 bridgehead atoms. The van der Waals surface area contributed by atoms with E-state index in [4.69, 9.17) is 33.7 Å². The Kier molecular flexibility index (Phi) is 5.38. The molecule has 150 valence electrons. The van der Waals surface area contributed by atoms with Crippen LogP contribution in [-0.4, -0.2) is 23.4 Å². The van der Waals surface area contributed by atoms with Crippen molar-refractivity contribution in [2.24, 2.45) is 5.73 Å². The highest BCUT2D eigenvalue weighted by molar-refractivity contribution is 7.17. The monoisotopic (exact) mass is 449 g/mol. The number of primary amides is 1. The van der Waals surface area contributed by atoms with Gasteiger partial charge in [0.05, 0.1) is 15.6 Å². The highest BCUT2D eigenvalue weighted by atomic mass is 35.5. The Labute approximate surface area is 181 Å². The summed E-state index contributed by atoms with van der Waals surface area (Å²) in [5.41, 5.74) is 8.14. The average Bonchev–Trinajstić information content (AvgIpc) is 3.21. The van der Waals surface area contributed by atoms with Gasteiger partial charge >= 0.3 is 0 Å². The van der Waals surface area contributed by atoms with E-state index < -0.39 is 11.8 Å². The predicted octanol–water partition coefficient (Wildman–Crippen LogP) is 4.52. The molecular formula is C20H17Cl2N3O3S. The number of fused-ring (bicyclic) bond motifs is 2. The maximum atomic E-state index is 12.5. The molecule has 0 fully saturated rings. The number of aryl methyl sites for hydroxylation is 2. The van der Waals surface area contributed by atoms with E-state index in [9.17, 15) is 9.59 Å². The van der Waals surface area contributed by atoms with Crippen molar-refractivity contribution in [1.29, 1.82) is 0 Å². The quantitative estimate of drug-likeness (QED) is 0.598. The molecule has 0 atom stereocenters. The number of benzene rings is 1.